The molecule has 1 heterocycles. The van der Waals surface area contributed by atoms with Gasteiger partial charge in [0, 0.05) is 38.3 Å². The van der Waals surface area contributed by atoms with Gasteiger partial charge in [-0.2, -0.15) is 0 Å². The quantitative estimate of drug-likeness (QED) is 0.578. The number of amides is 2. The first-order valence-electron chi connectivity index (χ1n) is 7.68. The number of halogens is 1. The van der Waals surface area contributed by atoms with Gasteiger partial charge in [-0.15, -0.1) is 0 Å². The number of piperazine rings is 1. The molecule has 136 valence electrons. The van der Waals surface area contributed by atoms with E-state index in [0.29, 0.717) is 32.8 Å². The summed E-state index contributed by atoms with van der Waals surface area (Å²) in [7, 11) is 0. The monoisotopic (exact) mass is 371 g/mol. The number of carbonyl (C=O) groups is 2. The molecule has 1 aromatic rings. The number of ether oxygens (including phenoxy) is 2. The van der Waals surface area contributed by atoms with E-state index in [-0.39, 0.29) is 35.1 Å². The fourth-order valence-corrected chi connectivity index (χ4v) is 2.53. The Hall–Kier alpha value is -2.55. The van der Waals surface area contributed by atoms with Crippen LogP contribution in [0, 0.1) is 10.1 Å². The molecule has 0 unspecified atom stereocenters. The molecule has 1 saturated heterocycles. The van der Waals surface area contributed by atoms with E-state index in [0.717, 1.165) is 0 Å². The van der Waals surface area contributed by atoms with Crippen LogP contribution in [0.1, 0.15) is 6.92 Å². The zero-order chi connectivity index (χ0) is 18.4. The van der Waals surface area contributed by atoms with Gasteiger partial charge in [-0.1, -0.05) is 11.6 Å². The minimum absolute atomic E-state index is 0.0640. The summed E-state index contributed by atoms with van der Waals surface area (Å²) in [6, 6.07) is 3.77. The van der Waals surface area contributed by atoms with Crippen molar-refractivity contribution in [1.29, 1.82) is 0 Å². The molecule has 0 aliphatic carbocycles. The molecule has 0 bridgehead atoms. The number of nitro benzene ring substituents is 1. The van der Waals surface area contributed by atoms with E-state index in [1.165, 1.54) is 18.2 Å². The summed E-state index contributed by atoms with van der Waals surface area (Å²) in [5, 5.41) is 10.7. The summed E-state index contributed by atoms with van der Waals surface area (Å²) in [5.41, 5.74) is -0.154. The van der Waals surface area contributed by atoms with Gasteiger partial charge in [0.2, 0.25) is 0 Å². The van der Waals surface area contributed by atoms with Crippen LogP contribution >= 0.6 is 11.6 Å². The Bertz CT molecular complexity index is 661. The number of hydrogen-bond donors (Lipinski definition) is 0. The van der Waals surface area contributed by atoms with Crippen LogP contribution in [0.4, 0.5) is 10.5 Å². The van der Waals surface area contributed by atoms with Gasteiger partial charge < -0.3 is 19.3 Å². The molecule has 0 spiro atoms. The third kappa shape index (κ3) is 4.96. The maximum Gasteiger partial charge on any atom is 0.409 e. The van der Waals surface area contributed by atoms with Gasteiger partial charge in [-0.25, -0.2) is 4.79 Å². The summed E-state index contributed by atoms with van der Waals surface area (Å²) in [5.74, 6) is -0.0521. The largest absolute Gasteiger partial charge is 0.482 e. The lowest BCUT2D eigenvalue weighted by Gasteiger charge is -2.33. The Labute approximate surface area is 149 Å². The van der Waals surface area contributed by atoms with Crippen molar-refractivity contribution in [3.63, 3.8) is 0 Å². The van der Waals surface area contributed by atoms with Crippen molar-refractivity contribution in [2.24, 2.45) is 0 Å². The average Bonchev–Trinajstić information content (AvgIpc) is 2.60. The number of carbonyl (C=O) groups excluding carboxylic acids is 2. The van der Waals surface area contributed by atoms with Crippen LogP contribution in [0.5, 0.6) is 5.75 Å². The van der Waals surface area contributed by atoms with Crippen molar-refractivity contribution in [2.45, 2.75) is 6.92 Å². The normalized spacial score (nSPS) is 14.2. The molecule has 0 radical (unpaired) electrons. The lowest BCUT2D eigenvalue weighted by atomic mass is 10.3. The summed E-state index contributed by atoms with van der Waals surface area (Å²) in [6.45, 7) is 3.35. The maximum absolute atomic E-state index is 12.2. The van der Waals surface area contributed by atoms with Crippen LogP contribution in [-0.2, 0) is 9.53 Å². The third-order valence-corrected chi connectivity index (χ3v) is 3.93. The predicted octanol–water partition coefficient (Wildman–Crippen LogP) is 1.93. The zero-order valence-electron chi connectivity index (χ0n) is 13.6. The highest BCUT2D eigenvalue weighted by molar-refractivity contribution is 6.32. The number of nitro groups is 1. The van der Waals surface area contributed by atoms with Gasteiger partial charge in [0.15, 0.2) is 6.61 Å². The Kier molecular flexibility index (Phi) is 6.40. The lowest BCUT2D eigenvalue weighted by Crippen LogP contribution is -2.51. The van der Waals surface area contributed by atoms with Crippen LogP contribution in [0.3, 0.4) is 0 Å². The van der Waals surface area contributed by atoms with Gasteiger partial charge in [-0.05, 0) is 13.0 Å². The van der Waals surface area contributed by atoms with E-state index >= 15 is 0 Å². The Morgan fingerprint density at radius 3 is 2.44 bits per heavy atom. The lowest BCUT2D eigenvalue weighted by molar-refractivity contribution is -0.384. The van der Waals surface area contributed by atoms with Gasteiger partial charge in [0.25, 0.3) is 11.6 Å². The summed E-state index contributed by atoms with van der Waals surface area (Å²) in [6.07, 6.45) is -0.386. The van der Waals surface area contributed by atoms with Crippen molar-refractivity contribution < 1.29 is 24.0 Å². The minimum atomic E-state index is -0.566. The molecular formula is C15H18ClN3O6. The van der Waals surface area contributed by atoms with Crippen LogP contribution in [0.25, 0.3) is 0 Å². The molecule has 1 aromatic carbocycles. The molecule has 1 aliphatic rings. The molecule has 1 fully saturated rings. The third-order valence-electron chi connectivity index (χ3n) is 3.64. The molecule has 1 aliphatic heterocycles. The number of rotatable bonds is 5. The molecule has 2 amide bonds. The molecule has 0 N–H and O–H groups in total. The first-order chi connectivity index (χ1) is 11.9. The topological polar surface area (TPSA) is 102 Å². The fourth-order valence-electron chi connectivity index (χ4n) is 2.30. The van der Waals surface area contributed by atoms with Crippen molar-refractivity contribution in [1.82, 2.24) is 9.80 Å². The van der Waals surface area contributed by atoms with Gasteiger partial charge in [-0.3, -0.25) is 14.9 Å². The van der Waals surface area contributed by atoms with Crippen molar-refractivity contribution in [3.05, 3.63) is 33.3 Å². The van der Waals surface area contributed by atoms with Crippen molar-refractivity contribution in [2.75, 3.05) is 39.4 Å². The van der Waals surface area contributed by atoms with E-state index in [4.69, 9.17) is 21.1 Å². The smallest absolute Gasteiger partial charge is 0.409 e. The molecular weight excluding hydrogens is 354 g/mol. The standard InChI is InChI=1S/C15H18ClN3O6/c1-2-24-15(21)18-7-5-17(6-8-18)14(20)10-25-13-4-3-11(19(22)23)9-12(13)16/h3-4,9H,2,5-8,10H2,1H3. The second kappa shape index (κ2) is 8.52. The highest BCUT2D eigenvalue weighted by Crippen LogP contribution is 2.28. The summed E-state index contributed by atoms with van der Waals surface area (Å²) in [4.78, 5) is 37.0. The molecule has 10 heteroatoms. The number of non-ortho nitro benzene ring substituents is 1. The van der Waals surface area contributed by atoms with Crippen LogP contribution < -0.4 is 4.74 Å². The van der Waals surface area contributed by atoms with Gasteiger partial charge >= 0.3 is 6.09 Å². The van der Waals surface area contributed by atoms with E-state index < -0.39 is 4.92 Å². The highest BCUT2D eigenvalue weighted by Gasteiger charge is 2.25. The van der Waals surface area contributed by atoms with E-state index in [1.807, 2.05) is 0 Å². The molecule has 2 rings (SSSR count). The first-order valence-corrected chi connectivity index (χ1v) is 8.06. The second-order valence-electron chi connectivity index (χ2n) is 5.23. The van der Waals surface area contributed by atoms with E-state index in [9.17, 15) is 19.7 Å². The molecule has 25 heavy (non-hydrogen) atoms. The van der Waals surface area contributed by atoms with E-state index in [2.05, 4.69) is 0 Å². The zero-order valence-corrected chi connectivity index (χ0v) is 14.4. The molecule has 9 nitrogen and oxygen atoms in total. The van der Waals surface area contributed by atoms with E-state index in [1.54, 1.807) is 16.7 Å². The summed E-state index contributed by atoms with van der Waals surface area (Å²) >= 11 is 5.91. The average molecular weight is 372 g/mol. The highest BCUT2D eigenvalue weighted by atomic mass is 35.5. The number of hydrogen-bond acceptors (Lipinski definition) is 6. The number of nitrogens with zero attached hydrogens (tertiary/aromatic N) is 3. The Morgan fingerprint density at radius 1 is 1.24 bits per heavy atom. The SMILES string of the molecule is CCOC(=O)N1CCN(C(=O)COc2ccc([N+](=O)[O-])cc2Cl)CC1. The molecule has 0 atom stereocenters. The predicted molar refractivity (Wildman–Crippen MR) is 88.8 cm³/mol. The summed E-state index contributed by atoms with van der Waals surface area (Å²) < 4.78 is 10.3. The maximum atomic E-state index is 12.2. The van der Waals surface area contributed by atoms with Crippen molar-refractivity contribution >= 4 is 29.3 Å². The van der Waals surface area contributed by atoms with Gasteiger partial charge in [0.1, 0.15) is 5.75 Å². The van der Waals surface area contributed by atoms with Crippen molar-refractivity contribution in [3.8, 4) is 5.75 Å². The van der Waals surface area contributed by atoms with Crippen LogP contribution in [0.15, 0.2) is 18.2 Å². The molecule has 0 aromatic heterocycles. The Balaban J connectivity index is 1.83. The van der Waals surface area contributed by atoms with Gasteiger partial charge in [0.05, 0.1) is 16.6 Å². The fraction of sp³-hybridized carbons (Fsp3) is 0.467. The van der Waals surface area contributed by atoms with Crippen LogP contribution in [-0.4, -0.2) is 66.1 Å². The van der Waals surface area contributed by atoms with Crippen LogP contribution in [0.2, 0.25) is 5.02 Å². The minimum Gasteiger partial charge on any atom is -0.482 e. The second-order valence-corrected chi connectivity index (χ2v) is 5.63. The molecule has 0 saturated carbocycles. The Morgan fingerprint density at radius 2 is 1.88 bits per heavy atom. The first kappa shape index (κ1) is 18.8. The number of benzene rings is 1.